The molecule has 0 aliphatic heterocycles. The van der Waals surface area contributed by atoms with E-state index in [1.807, 2.05) is 0 Å². The van der Waals surface area contributed by atoms with Gasteiger partial charge in [-0.15, -0.1) is 0 Å². The van der Waals surface area contributed by atoms with Gasteiger partial charge < -0.3 is 9.47 Å². The smallest absolute Gasteiger partial charge is 0.414 e. The predicted octanol–water partition coefficient (Wildman–Crippen LogP) is 2.00. The summed E-state index contributed by atoms with van der Waals surface area (Å²) in [5.74, 6) is -7.21. The van der Waals surface area contributed by atoms with Crippen molar-refractivity contribution < 1.29 is 38.2 Å². The summed E-state index contributed by atoms with van der Waals surface area (Å²) in [4.78, 5) is 73.0. The molecule has 0 saturated heterocycles. The van der Waals surface area contributed by atoms with Gasteiger partial charge in [-0.1, -0.05) is 48.5 Å². The molecule has 0 fully saturated rings. The Morgan fingerprint density at radius 1 is 0.533 bits per heavy atom. The summed E-state index contributed by atoms with van der Waals surface area (Å²) in [5.41, 5.74) is 0.321. The number of esters is 2. The molecule has 0 spiro atoms. The Labute approximate surface area is 168 Å². The molecule has 4 rings (SSSR count). The maximum absolute atomic E-state index is 12.4. The second-order valence-corrected chi connectivity index (χ2v) is 6.27. The number of ketones is 4. The summed E-state index contributed by atoms with van der Waals surface area (Å²) in [7, 11) is 0. The van der Waals surface area contributed by atoms with E-state index in [0.29, 0.717) is 0 Å². The number of carbonyl (C=O) groups is 6. The molecular weight excluding hydrogens is 392 g/mol. The van der Waals surface area contributed by atoms with Gasteiger partial charge in [0, 0.05) is 34.4 Å². The van der Waals surface area contributed by atoms with Crippen LogP contribution in [-0.4, -0.2) is 35.1 Å². The number of hydrogen-bond acceptors (Lipinski definition) is 8. The summed E-state index contributed by atoms with van der Waals surface area (Å²) in [6.45, 7) is 0. The molecule has 0 heterocycles. The van der Waals surface area contributed by atoms with Crippen LogP contribution in [0, 0.1) is 0 Å². The van der Waals surface area contributed by atoms with Crippen molar-refractivity contribution in [1.82, 2.24) is 0 Å². The molecule has 0 aromatic heterocycles. The fourth-order valence-corrected chi connectivity index (χ4v) is 3.02. The van der Waals surface area contributed by atoms with Gasteiger partial charge in [0.2, 0.25) is 11.6 Å². The van der Waals surface area contributed by atoms with Crippen molar-refractivity contribution in [2.75, 3.05) is 0 Å². The van der Waals surface area contributed by atoms with Gasteiger partial charge in [0.1, 0.15) is 0 Å². The average Bonchev–Trinajstić information content (AvgIpc) is 2.75. The van der Waals surface area contributed by atoms with Crippen molar-refractivity contribution in [1.29, 1.82) is 0 Å². The van der Waals surface area contributed by atoms with Crippen LogP contribution in [0.25, 0.3) is 0 Å². The molecule has 2 aromatic rings. The summed E-state index contributed by atoms with van der Waals surface area (Å²) < 4.78 is 9.44. The number of carbonyl (C=O) groups excluding carboxylic acids is 6. The molecule has 0 atom stereocenters. The Balaban J connectivity index is 1.50. The number of ether oxygens (including phenoxy) is 2. The van der Waals surface area contributed by atoms with E-state index in [9.17, 15) is 28.8 Å². The number of allylic oxidation sites excluding steroid dienone is 4. The molecule has 0 saturated carbocycles. The SMILES string of the molecule is O=C(OC1=CC(=O)c2ccccc2C1=O)C(=O)OC1=CC(=O)c2ccccc2C1=O. The quantitative estimate of drug-likeness (QED) is 0.552. The normalized spacial score (nSPS) is 14.9. The Hall–Kier alpha value is -4.46. The first-order valence-electron chi connectivity index (χ1n) is 8.60. The molecule has 146 valence electrons. The third-order valence-electron chi connectivity index (χ3n) is 4.42. The van der Waals surface area contributed by atoms with Crippen LogP contribution in [0.1, 0.15) is 41.4 Å². The average molecular weight is 402 g/mol. The van der Waals surface area contributed by atoms with Crippen molar-refractivity contribution in [3.05, 3.63) is 94.5 Å². The van der Waals surface area contributed by atoms with E-state index in [2.05, 4.69) is 0 Å². The van der Waals surface area contributed by atoms with Crippen LogP contribution in [0.3, 0.4) is 0 Å². The van der Waals surface area contributed by atoms with Crippen molar-refractivity contribution >= 4 is 35.1 Å². The molecule has 0 unspecified atom stereocenters. The lowest BCUT2D eigenvalue weighted by Crippen LogP contribution is -2.27. The number of fused-ring (bicyclic) bond motifs is 2. The highest BCUT2D eigenvalue weighted by molar-refractivity contribution is 6.33. The molecule has 2 aromatic carbocycles. The molecule has 30 heavy (non-hydrogen) atoms. The fraction of sp³-hybridized carbons (Fsp3) is 0. The fourth-order valence-electron chi connectivity index (χ4n) is 3.02. The van der Waals surface area contributed by atoms with Gasteiger partial charge in [-0.3, -0.25) is 19.2 Å². The van der Waals surface area contributed by atoms with Gasteiger partial charge in [-0.05, 0) is 0 Å². The highest BCUT2D eigenvalue weighted by Gasteiger charge is 2.33. The molecule has 0 amide bonds. The molecular formula is C22H10O8. The van der Waals surface area contributed by atoms with Crippen LogP contribution >= 0.6 is 0 Å². The second-order valence-electron chi connectivity index (χ2n) is 6.27. The van der Waals surface area contributed by atoms with E-state index in [0.717, 1.165) is 12.2 Å². The first-order valence-corrected chi connectivity index (χ1v) is 8.60. The van der Waals surface area contributed by atoms with Crippen LogP contribution in [0.5, 0.6) is 0 Å². The lowest BCUT2D eigenvalue weighted by Gasteiger charge is -2.15. The van der Waals surface area contributed by atoms with Crippen LogP contribution < -0.4 is 0 Å². The standard InChI is InChI=1S/C22H10O8/c23-15-9-17(19(25)13-7-3-1-5-11(13)15)29-21(27)22(28)30-18-10-16(24)12-6-2-4-8-14(12)20(18)26/h1-10H. The van der Waals surface area contributed by atoms with E-state index >= 15 is 0 Å². The van der Waals surface area contributed by atoms with Gasteiger partial charge >= 0.3 is 11.9 Å². The molecule has 0 radical (unpaired) electrons. The van der Waals surface area contributed by atoms with Crippen molar-refractivity contribution in [2.24, 2.45) is 0 Å². The molecule has 8 heteroatoms. The zero-order chi connectivity index (χ0) is 21.4. The Morgan fingerprint density at radius 3 is 1.23 bits per heavy atom. The second kappa shape index (κ2) is 7.17. The third kappa shape index (κ3) is 3.16. The summed E-state index contributed by atoms with van der Waals surface area (Å²) in [6.07, 6.45) is 1.58. The topological polar surface area (TPSA) is 121 Å². The summed E-state index contributed by atoms with van der Waals surface area (Å²) in [6, 6.07) is 11.8. The first-order chi connectivity index (χ1) is 14.4. The number of hydrogen-bond donors (Lipinski definition) is 0. The number of rotatable bonds is 2. The minimum atomic E-state index is -1.62. The number of Topliss-reactive ketones (excluding diaryl/α,β-unsaturated/α-hetero) is 2. The maximum atomic E-state index is 12.4. The van der Waals surface area contributed by atoms with Gasteiger partial charge in [0.05, 0.1) is 0 Å². The zero-order valence-electron chi connectivity index (χ0n) is 15.0. The predicted molar refractivity (Wildman–Crippen MR) is 98.6 cm³/mol. The van der Waals surface area contributed by atoms with Crippen molar-refractivity contribution in [3.63, 3.8) is 0 Å². The monoisotopic (exact) mass is 402 g/mol. The molecule has 0 N–H and O–H groups in total. The molecule has 2 aliphatic carbocycles. The summed E-state index contributed by atoms with van der Waals surface area (Å²) >= 11 is 0. The highest BCUT2D eigenvalue weighted by Crippen LogP contribution is 2.24. The minimum Gasteiger partial charge on any atom is -0.414 e. The zero-order valence-corrected chi connectivity index (χ0v) is 15.0. The molecule has 0 bridgehead atoms. The Bertz CT molecular complexity index is 1150. The van der Waals surface area contributed by atoms with Gasteiger partial charge in [-0.2, -0.15) is 0 Å². The van der Waals surface area contributed by atoms with Crippen LogP contribution in [0.2, 0.25) is 0 Å². The largest absolute Gasteiger partial charge is 0.423 e. The van der Waals surface area contributed by atoms with E-state index in [-0.39, 0.29) is 22.3 Å². The highest BCUT2D eigenvalue weighted by atomic mass is 16.6. The molecule has 8 nitrogen and oxygen atoms in total. The van der Waals surface area contributed by atoms with Gasteiger partial charge in [0.25, 0.3) is 0 Å². The third-order valence-corrected chi connectivity index (χ3v) is 4.42. The van der Waals surface area contributed by atoms with Crippen molar-refractivity contribution in [3.8, 4) is 0 Å². The first kappa shape index (κ1) is 18.9. The minimum absolute atomic E-state index is 0.0218. The van der Waals surface area contributed by atoms with E-state index in [1.165, 1.54) is 36.4 Å². The van der Waals surface area contributed by atoms with Gasteiger partial charge in [-0.25, -0.2) is 9.59 Å². The van der Waals surface area contributed by atoms with Gasteiger partial charge in [0.15, 0.2) is 23.1 Å². The molecule has 2 aliphatic rings. The van der Waals surface area contributed by atoms with E-state index in [4.69, 9.17) is 9.47 Å². The van der Waals surface area contributed by atoms with Crippen molar-refractivity contribution in [2.45, 2.75) is 0 Å². The van der Waals surface area contributed by atoms with E-state index in [1.54, 1.807) is 12.1 Å². The van der Waals surface area contributed by atoms with Crippen LogP contribution in [0.4, 0.5) is 0 Å². The Morgan fingerprint density at radius 2 is 0.867 bits per heavy atom. The number of benzene rings is 2. The van der Waals surface area contributed by atoms with Crippen LogP contribution in [0.15, 0.2) is 72.2 Å². The lowest BCUT2D eigenvalue weighted by atomic mass is 9.94. The maximum Gasteiger partial charge on any atom is 0.423 e. The van der Waals surface area contributed by atoms with Crippen LogP contribution in [-0.2, 0) is 19.1 Å². The lowest BCUT2D eigenvalue weighted by molar-refractivity contribution is -0.162. The summed E-state index contributed by atoms with van der Waals surface area (Å²) in [5, 5.41) is 0. The Kier molecular flexibility index (Phi) is 4.51. The van der Waals surface area contributed by atoms with E-state index < -0.39 is 46.6 Å².